The van der Waals surface area contributed by atoms with Gasteiger partial charge >= 0.3 is 5.97 Å². The molecule has 2 nitrogen and oxygen atoms in total. The van der Waals surface area contributed by atoms with Crippen LogP contribution >= 0.6 is 0 Å². The Hall–Kier alpha value is -1.05. The molecule has 0 N–H and O–H groups in total. The molecule has 0 fully saturated rings. The first-order valence-corrected chi connectivity index (χ1v) is 4.49. The van der Waals surface area contributed by atoms with Gasteiger partial charge in [0.1, 0.15) is 0 Å². The van der Waals surface area contributed by atoms with Crippen LogP contribution in [0.4, 0.5) is 0 Å². The second-order valence-electron chi connectivity index (χ2n) is 3.27. The van der Waals surface area contributed by atoms with E-state index < -0.39 is 5.41 Å². The number of allylic oxidation sites excluding steroid dienone is 2. The average Bonchev–Trinajstić information content (AvgIpc) is 2.05. The summed E-state index contributed by atoms with van der Waals surface area (Å²) in [6, 6.07) is 0. The molecule has 0 aliphatic rings. The van der Waals surface area contributed by atoms with E-state index in [0.29, 0.717) is 19.4 Å². The number of carbonyl (C=O) groups excluding carboxylic acids is 1. The van der Waals surface area contributed by atoms with Crippen LogP contribution in [-0.4, -0.2) is 12.6 Å². The zero-order valence-corrected chi connectivity index (χ0v) is 8.51. The molecule has 0 bridgehead atoms. The molecular weight excluding hydrogens is 164 g/mol. The van der Waals surface area contributed by atoms with Crippen LogP contribution in [0.5, 0.6) is 0 Å². The molecule has 74 valence electrons. The SMILES string of the molecule is C=CCC(C)(CC=C)C(=O)OCC. The maximum Gasteiger partial charge on any atom is 0.312 e. The lowest BCUT2D eigenvalue weighted by Gasteiger charge is -2.24. The van der Waals surface area contributed by atoms with Gasteiger partial charge in [-0.2, -0.15) is 0 Å². The summed E-state index contributed by atoms with van der Waals surface area (Å²) in [5.41, 5.74) is -0.487. The van der Waals surface area contributed by atoms with Crippen molar-refractivity contribution in [2.45, 2.75) is 26.7 Å². The molecule has 0 heterocycles. The Morgan fingerprint density at radius 1 is 1.38 bits per heavy atom. The molecule has 0 aliphatic carbocycles. The molecule has 0 unspecified atom stereocenters. The topological polar surface area (TPSA) is 26.3 Å². The van der Waals surface area contributed by atoms with E-state index in [-0.39, 0.29) is 5.97 Å². The highest BCUT2D eigenvalue weighted by molar-refractivity contribution is 5.76. The second kappa shape index (κ2) is 5.57. The fourth-order valence-electron chi connectivity index (χ4n) is 1.19. The Bertz CT molecular complexity index is 184. The van der Waals surface area contributed by atoms with Gasteiger partial charge in [0.15, 0.2) is 0 Å². The quantitative estimate of drug-likeness (QED) is 0.466. The lowest BCUT2D eigenvalue weighted by Crippen LogP contribution is -2.28. The van der Waals surface area contributed by atoms with E-state index in [9.17, 15) is 4.79 Å². The van der Waals surface area contributed by atoms with Crippen molar-refractivity contribution < 1.29 is 9.53 Å². The Kier molecular flexibility index (Phi) is 5.12. The third-order valence-electron chi connectivity index (χ3n) is 1.96. The third kappa shape index (κ3) is 3.45. The standard InChI is InChI=1S/C11H18O2/c1-5-8-11(4,9-6-2)10(12)13-7-3/h5-6H,1-2,7-9H2,3-4H3. The highest BCUT2D eigenvalue weighted by atomic mass is 16.5. The number of carbonyl (C=O) groups is 1. The van der Waals surface area contributed by atoms with Gasteiger partial charge in [0.2, 0.25) is 0 Å². The van der Waals surface area contributed by atoms with Crippen LogP contribution in [0.2, 0.25) is 0 Å². The molecule has 0 saturated heterocycles. The summed E-state index contributed by atoms with van der Waals surface area (Å²) in [6.07, 6.45) is 4.72. The van der Waals surface area contributed by atoms with Crippen LogP contribution < -0.4 is 0 Å². The van der Waals surface area contributed by atoms with Crippen LogP contribution in [0.25, 0.3) is 0 Å². The molecular formula is C11H18O2. The molecule has 2 heteroatoms. The third-order valence-corrected chi connectivity index (χ3v) is 1.96. The molecule has 0 rings (SSSR count). The minimum Gasteiger partial charge on any atom is -0.466 e. The molecule has 0 amide bonds. The van der Waals surface area contributed by atoms with Gasteiger partial charge in [-0.05, 0) is 26.7 Å². The molecule has 0 aromatic carbocycles. The summed E-state index contributed by atoms with van der Waals surface area (Å²) in [6.45, 7) is 11.4. The molecule has 0 aliphatic heterocycles. The predicted molar refractivity (Wildman–Crippen MR) is 54.4 cm³/mol. The van der Waals surface area contributed by atoms with Gasteiger partial charge in [0.05, 0.1) is 12.0 Å². The first-order chi connectivity index (χ1) is 6.10. The number of esters is 1. The Balaban J connectivity index is 4.44. The van der Waals surface area contributed by atoms with Gasteiger partial charge < -0.3 is 4.74 Å². The Labute approximate surface area is 80.3 Å². The number of hydrogen-bond acceptors (Lipinski definition) is 2. The number of rotatable bonds is 6. The fourth-order valence-corrected chi connectivity index (χ4v) is 1.19. The van der Waals surface area contributed by atoms with Crippen molar-refractivity contribution in [3.8, 4) is 0 Å². The van der Waals surface area contributed by atoms with Crippen molar-refractivity contribution in [2.24, 2.45) is 5.41 Å². The van der Waals surface area contributed by atoms with E-state index in [1.807, 2.05) is 6.92 Å². The Morgan fingerprint density at radius 2 is 1.85 bits per heavy atom. The minimum atomic E-state index is -0.487. The summed E-state index contributed by atoms with van der Waals surface area (Å²) >= 11 is 0. The van der Waals surface area contributed by atoms with Crippen molar-refractivity contribution >= 4 is 5.97 Å². The summed E-state index contributed by atoms with van der Waals surface area (Å²) in [5, 5.41) is 0. The van der Waals surface area contributed by atoms with E-state index in [4.69, 9.17) is 4.74 Å². The van der Waals surface area contributed by atoms with Gasteiger partial charge in [-0.15, -0.1) is 13.2 Å². The highest BCUT2D eigenvalue weighted by Gasteiger charge is 2.31. The lowest BCUT2D eigenvalue weighted by molar-refractivity contribution is -0.154. The largest absolute Gasteiger partial charge is 0.466 e. The van der Waals surface area contributed by atoms with Gasteiger partial charge in [0.25, 0.3) is 0 Å². The second-order valence-corrected chi connectivity index (χ2v) is 3.27. The zero-order valence-electron chi connectivity index (χ0n) is 8.51. The lowest BCUT2D eigenvalue weighted by atomic mass is 9.83. The molecule has 0 saturated carbocycles. The zero-order chi connectivity index (χ0) is 10.3. The molecule has 13 heavy (non-hydrogen) atoms. The first kappa shape index (κ1) is 11.9. The highest BCUT2D eigenvalue weighted by Crippen LogP contribution is 2.28. The number of ether oxygens (including phenoxy) is 1. The van der Waals surface area contributed by atoms with Crippen LogP contribution in [0.15, 0.2) is 25.3 Å². The van der Waals surface area contributed by atoms with Crippen molar-refractivity contribution in [1.82, 2.24) is 0 Å². The normalized spacial score (nSPS) is 10.6. The summed E-state index contributed by atoms with van der Waals surface area (Å²) in [5.74, 6) is -0.171. The van der Waals surface area contributed by atoms with Crippen molar-refractivity contribution in [1.29, 1.82) is 0 Å². The fraction of sp³-hybridized carbons (Fsp3) is 0.545. The van der Waals surface area contributed by atoms with Gasteiger partial charge in [-0.25, -0.2) is 0 Å². The van der Waals surface area contributed by atoms with Crippen molar-refractivity contribution in [3.63, 3.8) is 0 Å². The van der Waals surface area contributed by atoms with Crippen molar-refractivity contribution in [2.75, 3.05) is 6.61 Å². The van der Waals surface area contributed by atoms with E-state index >= 15 is 0 Å². The molecule has 0 spiro atoms. The summed E-state index contributed by atoms with van der Waals surface area (Å²) < 4.78 is 4.98. The predicted octanol–water partition coefficient (Wildman–Crippen LogP) is 2.71. The average molecular weight is 182 g/mol. The van der Waals surface area contributed by atoms with Gasteiger partial charge in [-0.3, -0.25) is 4.79 Å². The summed E-state index contributed by atoms with van der Waals surface area (Å²) in [4.78, 5) is 11.5. The Morgan fingerprint density at radius 3 is 2.15 bits per heavy atom. The smallest absolute Gasteiger partial charge is 0.312 e. The summed E-state index contributed by atoms with van der Waals surface area (Å²) in [7, 11) is 0. The molecule has 0 radical (unpaired) electrons. The first-order valence-electron chi connectivity index (χ1n) is 4.49. The van der Waals surface area contributed by atoms with E-state index in [0.717, 1.165) is 0 Å². The van der Waals surface area contributed by atoms with Crippen LogP contribution in [-0.2, 0) is 9.53 Å². The van der Waals surface area contributed by atoms with Gasteiger partial charge in [-0.1, -0.05) is 12.2 Å². The molecule has 0 aromatic heterocycles. The maximum absolute atomic E-state index is 11.5. The molecule has 0 atom stereocenters. The monoisotopic (exact) mass is 182 g/mol. The van der Waals surface area contributed by atoms with Crippen LogP contribution in [0, 0.1) is 5.41 Å². The molecule has 0 aromatic rings. The van der Waals surface area contributed by atoms with E-state index in [2.05, 4.69) is 13.2 Å². The van der Waals surface area contributed by atoms with Gasteiger partial charge in [0, 0.05) is 0 Å². The van der Waals surface area contributed by atoms with E-state index in [1.165, 1.54) is 0 Å². The minimum absolute atomic E-state index is 0.171. The van der Waals surface area contributed by atoms with Crippen LogP contribution in [0.3, 0.4) is 0 Å². The van der Waals surface area contributed by atoms with Crippen molar-refractivity contribution in [3.05, 3.63) is 25.3 Å². The van der Waals surface area contributed by atoms with Crippen LogP contribution in [0.1, 0.15) is 26.7 Å². The number of hydrogen-bond donors (Lipinski definition) is 0. The maximum atomic E-state index is 11.5. The van der Waals surface area contributed by atoms with E-state index in [1.54, 1.807) is 19.1 Å².